The summed E-state index contributed by atoms with van der Waals surface area (Å²) in [5, 5.41) is 0. The summed E-state index contributed by atoms with van der Waals surface area (Å²) in [6, 6.07) is 14.8. The van der Waals surface area contributed by atoms with Crippen LogP contribution in [0.15, 0.2) is 65.3 Å². The van der Waals surface area contributed by atoms with E-state index in [0.29, 0.717) is 23.8 Å². The Hall–Kier alpha value is -3.28. The van der Waals surface area contributed by atoms with E-state index in [4.69, 9.17) is 13.9 Å². The fraction of sp³-hybridized carbons (Fsp3) is 0.150. The molecular weight excluding hydrogens is 337 g/mol. The normalized spacial score (nSPS) is 12.2. The molecule has 1 aliphatic rings. The first-order chi connectivity index (χ1) is 12.7. The number of halogens is 1. The van der Waals surface area contributed by atoms with E-state index in [2.05, 4.69) is 0 Å². The van der Waals surface area contributed by atoms with Gasteiger partial charge < -0.3 is 18.8 Å². The molecule has 0 saturated heterocycles. The molecule has 0 atom stereocenters. The minimum atomic E-state index is -0.447. The lowest BCUT2D eigenvalue weighted by Crippen LogP contribution is -2.30. The number of rotatable bonds is 5. The average molecular weight is 353 g/mol. The molecule has 0 radical (unpaired) electrons. The van der Waals surface area contributed by atoms with E-state index in [-0.39, 0.29) is 24.8 Å². The number of hydrogen-bond donors (Lipinski definition) is 0. The molecule has 4 rings (SSSR count). The first kappa shape index (κ1) is 16.2. The molecule has 0 spiro atoms. The van der Waals surface area contributed by atoms with Crippen LogP contribution < -0.4 is 9.47 Å². The Balaban J connectivity index is 1.61. The van der Waals surface area contributed by atoms with Crippen molar-refractivity contribution in [2.75, 3.05) is 6.79 Å². The molecule has 132 valence electrons. The maximum atomic E-state index is 13.5. The molecule has 0 aliphatic carbocycles. The van der Waals surface area contributed by atoms with Gasteiger partial charge in [0.05, 0.1) is 12.8 Å². The third kappa shape index (κ3) is 3.39. The number of fused-ring (bicyclic) bond motifs is 1. The van der Waals surface area contributed by atoms with E-state index >= 15 is 0 Å². The summed E-state index contributed by atoms with van der Waals surface area (Å²) in [4.78, 5) is 14.5. The number of carbonyl (C=O) groups excluding carboxylic acids is 1. The predicted molar refractivity (Wildman–Crippen MR) is 91.3 cm³/mol. The van der Waals surface area contributed by atoms with Crippen LogP contribution in [0.5, 0.6) is 11.5 Å². The predicted octanol–water partition coefficient (Wildman–Crippen LogP) is 3.99. The molecule has 1 amide bonds. The van der Waals surface area contributed by atoms with Crippen molar-refractivity contribution in [3.8, 4) is 11.5 Å². The minimum absolute atomic E-state index is 0.192. The van der Waals surface area contributed by atoms with E-state index in [9.17, 15) is 9.18 Å². The van der Waals surface area contributed by atoms with Crippen LogP contribution in [0.3, 0.4) is 0 Å². The molecule has 0 unspecified atom stereocenters. The Kier molecular flexibility index (Phi) is 4.31. The molecule has 0 fully saturated rings. The van der Waals surface area contributed by atoms with E-state index in [1.807, 2.05) is 18.2 Å². The number of benzene rings is 2. The molecule has 2 aromatic carbocycles. The lowest BCUT2D eigenvalue weighted by molar-refractivity contribution is 0.0717. The van der Waals surface area contributed by atoms with Crippen molar-refractivity contribution >= 4 is 5.91 Å². The fourth-order valence-corrected chi connectivity index (χ4v) is 2.85. The number of ether oxygens (including phenoxy) is 2. The summed E-state index contributed by atoms with van der Waals surface area (Å²) in [7, 11) is 0. The zero-order valence-electron chi connectivity index (χ0n) is 13.9. The Morgan fingerprint density at radius 3 is 2.69 bits per heavy atom. The second-order valence-electron chi connectivity index (χ2n) is 5.94. The summed E-state index contributed by atoms with van der Waals surface area (Å²) < 4.78 is 29.6. The van der Waals surface area contributed by atoms with Crippen molar-refractivity contribution in [3.63, 3.8) is 0 Å². The molecule has 1 aliphatic heterocycles. The summed E-state index contributed by atoms with van der Waals surface area (Å²) in [6.45, 7) is 0.792. The molecular formula is C20H16FNO4. The third-order valence-corrected chi connectivity index (χ3v) is 4.10. The molecule has 26 heavy (non-hydrogen) atoms. The van der Waals surface area contributed by atoms with Crippen LogP contribution in [0.4, 0.5) is 4.39 Å². The van der Waals surface area contributed by atoms with Crippen LogP contribution in [0.25, 0.3) is 0 Å². The summed E-state index contributed by atoms with van der Waals surface area (Å²) in [6.07, 6.45) is 1.56. The van der Waals surface area contributed by atoms with Crippen LogP contribution in [0, 0.1) is 5.82 Å². The van der Waals surface area contributed by atoms with Crippen LogP contribution in [-0.4, -0.2) is 17.6 Å². The van der Waals surface area contributed by atoms with Gasteiger partial charge in [-0.05, 0) is 48.0 Å². The second kappa shape index (κ2) is 6.92. The standard InChI is InChI=1S/C20H16FNO4/c21-16-4-1-3-15(10-16)20(23)22(12-17-5-2-8-24-17)11-14-6-7-18-19(9-14)26-13-25-18/h1-10H,11-13H2. The van der Waals surface area contributed by atoms with Crippen molar-refractivity contribution in [2.45, 2.75) is 13.1 Å². The number of carbonyl (C=O) groups is 1. The largest absolute Gasteiger partial charge is 0.467 e. The lowest BCUT2D eigenvalue weighted by Gasteiger charge is -2.22. The zero-order chi connectivity index (χ0) is 17.9. The monoisotopic (exact) mass is 353 g/mol. The third-order valence-electron chi connectivity index (χ3n) is 4.10. The van der Waals surface area contributed by atoms with E-state index < -0.39 is 5.82 Å². The van der Waals surface area contributed by atoms with Crippen LogP contribution in [-0.2, 0) is 13.1 Å². The summed E-state index contributed by atoms with van der Waals surface area (Å²) in [5.41, 5.74) is 1.17. The Morgan fingerprint density at radius 1 is 1.00 bits per heavy atom. The second-order valence-corrected chi connectivity index (χ2v) is 5.94. The lowest BCUT2D eigenvalue weighted by atomic mass is 10.1. The van der Waals surface area contributed by atoms with Crippen molar-refractivity contribution in [1.82, 2.24) is 4.90 Å². The van der Waals surface area contributed by atoms with Gasteiger partial charge in [0.2, 0.25) is 6.79 Å². The van der Waals surface area contributed by atoms with Crippen molar-refractivity contribution in [1.29, 1.82) is 0 Å². The molecule has 2 heterocycles. The number of nitrogens with zero attached hydrogens (tertiary/aromatic N) is 1. The smallest absolute Gasteiger partial charge is 0.254 e. The van der Waals surface area contributed by atoms with Crippen molar-refractivity contribution in [2.24, 2.45) is 0 Å². The van der Waals surface area contributed by atoms with Gasteiger partial charge in [-0.15, -0.1) is 0 Å². The Morgan fingerprint density at radius 2 is 1.88 bits per heavy atom. The van der Waals surface area contributed by atoms with Gasteiger partial charge in [-0.1, -0.05) is 12.1 Å². The summed E-state index contributed by atoms with van der Waals surface area (Å²) in [5.74, 6) is 1.26. The Bertz CT molecular complexity index is 923. The highest BCUT2D eigenvalue weighted by Gasteiger charge is 2.20. The molecule has 0 bridgehead atoms. The first-order valence-corrected chi connectivity index (χ1v) is 8.15. The highest BCUT2D eigenvalue weighted by molar-refractivity contribution is 5.94. The van der Waals surface area contributed by atoms with Crippen molar-refractivity contribution < 1.29 is 23.1 Å². The number of amides is 1. The van der Waals surface area contributed by atoms with Crippen molar-refractivity contribution in [3.05, 3.63) is 83.6 Å². The highest BCUT2D eigenvalue weighted by atomic mass is 19.1. The number of furan rings is 1. The average Bonchev–Trinajstić information content (AvgIpc) is 3.31. The quantitative estimate of drug-likeness (QED) is 0.696. The van der Waals surface area contributed by atoms with Gasteiger partial charge >= 0.3 is 0 Å². The number of hydrogen-bond acceptors (Lipinski definition) is 4. The molecule has 5 nitrogen and oxygen atoms in total. The summed E-state index contributed by atoms with van der Waals surface area (Å²) >= 11 is 0. The van der Waals surface area contributed by atoms with Gasteiger partial charge in [0.15, 0.2) is 11.5 Å². The first-order valence-electron chi connectivity index (χ1n) is 8.15. The molecule has 0 N–H and O–H groups in total. The highest BCUT2D eigenvalue weighted by Crippen LogP contribution is 2.33. The molecule has 6 heteroatoms. The van der Waals surface area contributed by atoms with Gasteiger partial charge in [-0.3, -0.25) is 4.79 Å². The maximum absolute atomic E-state index is 13.5. The van der Waals surface area contributed by atoms with E-state index in [1.54, 1.807) is 29.4 Å². The molecule has 3 aromatic rings. The van der Waals surface area contributed by atoms with Gasteiger partial charge in [-0.25, -0.2) is 4.39 Å². The van der Waals surface area contributed by atoms with Gasteiger partial charge in [0, 0.05) is 12.1 Å². The SMILES string of the molecule is O=C(c1cccc(F)c1)N(Cc1ccc2c(c1)OCO2)Cc1ccco1. The van der Waals surface area contributed by atoms with Gasteiger partial charge in [0.1, 0.15) is 11.6 Å². The fourth-order valence-electron chi connectivity index (χ4n) is 2.85. The van der Waals surface area contributed by atoms with Crippen LogP contribution in [0.2, 0.25) is 0 Å². The van der Waals surface area contributed by atoms with Gasteiger partial charge in [-0.2, -0.15) is 0 Å². The van der Waals surface area contributed by atoms with E-state index in [1.165, 1.54) is 18.2 Å². The zero-order valence-corrected chi connectivity index (χ0v) is 13.9. The Labute approximate surface area is 149 Å². The topological polar surface area (TPSA) is 51.9 Å². The molecule has 1 aromatic heterocycles. The van der Waals surface area contributed by atoms with E-state index in [0.717, 1.165) is 5.56 Å². The van der Waals surface area contributed by atoms with Crippen LogP contribution >= 0.6 is 0 Å². The minimum Gasteiger partial charge on any atom is -0.467 e. The maximum Gasteiger partial charge on any atom is 0.254 e. The van der Waals surface area contributed by atoms with Crippen LogP contribution in [0.1, 0.15) is 21.7 Å². The van der Waals surface area contributed by atoms with Gasteiger partial charge in [0.25, 0.3) is 5.91 Å². The molecule has 0 saturated carbocycles.